The Morgan fingerprint density at radius 2 is 2.22 bits per heavy atom. The second-order valence-corrected chi connectivity index (χ2v) is 3.91. The van der Waals surface area contributed by atoms with Crippen molar-refractivity contribution in [2.45, 2.75) is 20.4 Å². The number of nitrogens with zero attached hydrogens (tertiary/aromatic N) is 1. The molecule has 18 heavy (non-hydrogen) atoms. The van der Waals surface area contributed by atoms with Gasteiger partial charge in [0.05, 0.1) is 5.69 Å². The number of carbonyl (C=O) groups is 1. The van der Waals surface area contributed by atoms with Crippen molar-refractivity contribution in [2.24, 2.45) is 0 Å². The lowest BCUT2D eigenvalue weighted by atomic mass is 10.2. The highest BCUT2D eigenvalue weighted by Gasteiger charge is 2.11. The predicted molar refractivity (Wildman–Crippen MR) is 64.2 cm³/mol. The summed E-state index contributed by atoms with van der Waals surface area (Å²) < 4.78 is 4.99. The number of carbonyl (C=O) groups excluding carboxylic acids is 1. The molecule has 1 amide bonds. The van der Waals surface area contributed by atoms with Crippen molar-refractivity contribution in [2.75, 3.05) is 0 Å². The van der Waals surface area contributed by atoms with Gasteiger partial charge in [-0.1, -0.05) is 11.2 Å². The van der Waals surface area contributed by atoms with Crippen molar-refractivity contribution in [3.63, 3.8) is 0 Å². The molecule has 0 radical (unpaired) electrons. The SMILES string of the molecule is Cc1noc(C)c1CNC(=O)c1cccc(=O)[nH]1. The number of aromatic amines is 1. The predicted octanol–water partition coefficient (Wildman–Crippen LogP) is 0.910. The van der Waals surface area contributed by atoms with Crippen molar-refractivity contribution in [3.8, 4) is 0 Å². The van der Waals surface area contributed by atoms with E-state index in [2.05, 4.69) is 15.5 Å². The van der Waals surface area contributed by atoms with Crippen LogP contribution in [0, 0.1) is 13.8 Å². The van der Waals surface area contributed by atoms with Crippen LogP contribution in [0.4, 0.5) is 0 Å². The average Bonchev–Trinajstić information content (AvgIpc) is 2.66. The second kappa shape index (κ2) is 4.87. The molecule has 0 saturated carbocycles. The van der Waals surface area contributed by atoms with Crippen molar-refractivity contribution >= 4 is 5.91 Å². The summed E-state index contributed by atoms with van der Waals surface area (Å²) in [5, 5.41) is 6.50. The van der Waals surface area contributed by atoms with Gasteiger partial charge in [-0.3, -0.25) is 9.59 Å². The fraction of sp³-hybridized carbons (Fsp3) is 0.250. The van der Waals surface area contributed by atoms with Crippen LogP contribution in [-0.4, -0.2) is 16.0 Å². The molecule has 2 rings (SSSR count). The molecule has 2 N–H and O–H groups in total. The van der Waals surface area contributed by atoms with Gasteiger partial charge < -0.3 is 14.8 Å². The normalized spacial score (nSPS) is 10.3. The summed E-state index contributed by atoms with van der Waals surface area (Å²) >= 11 is 0. The number of aromatic nitrogens is 2. The zero-order chi connectivity index (χ0) is 13.1. The smallest absolute Gasteiger partial charge is 0.268 e. The van der Waals surface area contributed by atoms with Crippen LogP contribution in [0.15, 0.2) is 27.5 Å². The van der Waals surface area contributed by atoms with Crippen LogP contribution in [0.3, 0.4) is 0 Å². The third kappa shape index (κ3) is 2.48. The molecule has 0 unspecified atom stereocenters. The number of rotatable bonds is 3. The Morgan fingerprint density at radius 1 is 1.44 bits per heavy atom. The summed E-state index contributed by atoms with van der Waals surface area (Å²) in [5.41, 5.74) is 1.52. The number of hydrogen-bond acceptors (Lipinski definition) is 4. The first-order valence-corrected chi connectivity index (χ1v) is 5.47. The molecule has 2 aromatic heterocycles. The summed E-state index contributed by atoms with van der Waals surface area (Å²) in [5.74, 6) is 0.335. The molecule has 0 aliphatic carbocycles. The van der Waals surface area contributed by atoms with E-state index in [1.54, 1.807) is 13.0 Å². The summed E-state index contributed by atoms with van der Waals surface area (Å²) in [4.78, 5) is 25.3. The van der Waals surface area contributed by atoms with E-state index in [0.29, 0.717) is 12.3 Å². The standard InChI is InChI=1S/C12H13N3O3/c1-7-9(8(2)18-15-7)6-13-12(17)10-4-3-5-11(16)14-10/h3-5H,6H2,1-2H3,(H,13,17)(H,14,16). The number of pyridine rings is 1. The fourth-order valence-corrected chi connectivity index (χ4v) is 1.60. The lowest BCUT2D eigenvalue weighted by Gasteiger charge is -2.04. The zero-order valence-corrected chi connectivity index (χ0v) is 10.1. The van der Waals surface area contributed by atoms with E-state index in [4.69, 9.17) is 4.52 Å². The maximum Gasteiger partial charge on any atom is 0.268 e. The molecule has 0 bridgehead atoms. The molecule has 0 fully saturated rings. The van der Waals surface area contributed by atoms with Crippen molar-refractivity contribution in [3.05, 3.63) is 51.3 Å². The minimum atomic E-state index is -0.340. The molecular weight excluding hydrogens is 234 g/mol. The number of amides is 1. The van der Waals surface area contributed by atoms with Crippen molar-refractivity contribution < 1.29 is 9.32 Å². The first-order chi connectivity index (χ1) is 8.58. The van der Waals surface area contributed by atoms with E-state index in [9.17, 15) is 9.59 Å². The van der Waals surface area contributed by atoms with Gasteiger partial charge in [-0.2, -0.15) is 0 Å². The quantitative estimate of drug-likeness (QED) is 0.843. The van der Waals surface area contributed by atoms with Crippen LogP contribution in [0.2, 0.25) is 0 Å². The largest absolute Gasteiger partial charge is 0.361 e. The third-order valence-corrected chi connectivity index (χ3v) is 2.62. The Kier molecular flexibility index (Phi) is 3.27. The molecule has 0 saturated heterocycles. The molecule has 0 aliphatic rings. The lowest BCUT2D eigenvalue weighted by molar-refractivity contribution is 0.0945. The van der Waals surface area contributed by atoms with Crippen molar-refractivity contribution in [1.82, 2.24) is 15.5 Å². The van der Waals surface area contributed by atoms with Crippen molar-refractivity contribution in [1.29, 1.82) is 0 Å². The molecule has 94 valence electrons. The molecule has 6 nitrogen and oxygen atoms in total. The van der Waals surface area contributed by atoms with E-state index in [1.807, 2.05) is 6.92 Å². The van der Waals surface area contributed by atoms with E-state index in [0.717, 1.165) is 11.3 Å². The van der Waals surface area contributed by atoms with Gasteiger partial charge in [-0.15, -0.1) is 0 Å². The van der Waals surface area contributed by atoms with E-state index >= 15 is 0 Å². The van der Waals surface area contributed by atoms with Crippen LogP contribution < -0.4 is 10.9 Å². The topological polar surface area (TPSA) is 88.0 Å². The molecule has 0 atom stereocenters. The van der Waals surface area contributed by atoms with Gasteiger partial charge in [0, 0.05) is 18.2 Å². The summed E-state index contributed by atoms with van der Waals surface area (Å²) in [7, 11) is 0. The van der Waals surface area contributed by atoms with Crippen LogP contribution in [-0.2, 0) is 6.54 Å². The van der Waals surface area contributed by atoms with Crippen LogP contribution in [0.1, 0.15) is 27.5 Å². The molecule has 0 aromatic carbocycles. The first kappa shape index (κ1) is 12.1. The van der Waals surface area contributed by atoms with Gasteiger partial charge in [0.1, 0.15) is 11.5 Å². The maximum atomic E-state index is 11.8. The van der Waals surface area contributed by atoms with Gasteiger partial charge in [-0.25, -0.2) is 0 Å². The highest BCUT2D eigenvalue weighted by molar-refractivity contribution is 5.92. The van der Waals surface area contributed by atoms with E-state index in [-0.39, 0.29) is 17.2 Å². The van der Waals surface area contributed by atoms with Crippen LogP contribution >= 0.6 is 0 Å². The third-order valence-electron chi connectivity index (χ3n) is 2.62. The van der Waals surface area contributed by atoms with E-state index in [1.165, 1.54) is 12.1 Å². The Labute approximate surface area is 103 Å². The fourth-order valence-electron chi connectivity index (χ4n) is 1.60. The monoisotopic (exact) mass is 247 g/mol. The Morgan fingerprint density at radius 3 is 2.83 bits per heavy atom. The zero-order valence-electron chi connectivity index (χ0n) is 10.1. The Hall–Kier alpha value is -2.37. The second-order valence-electron chi connectivity index (χ2n) is 3.91. The molecule has 2 aromatic rings. The van der Waals surface area contributed by atoms with Crippen LogP contribution in [0.5, 0.6) is 0 Å². The minimum Gasteiger partial charge on any atom is -0.361 e. The highest BCUT2D eigenvalue weighted by Crippen LogP contribution is 2.11. The van der Waals surface area contributed by atoms with Gasteiger partial charge >= 0.3 is 0 Å². The summed E-state index contributed by atoms with van der Waals surface area (Å²) in [6.45, 7) is 3.91. The lowest BCUT2D eigenvalue weighted by Crippen LogP contribution is -2.26. The van der Waals surface area contributed by atoms with E-state index < -0.39 is 0 Å². The molecule has 2 heterocycles. The van der Waals surface area contributed by atoms with Crippen LogP contribution in [0.25, 0.3) is 0 Å². The first-order valence-electron chi connectivity index (χ1n) is 5.47. The van der Waals surface area contributed by atoms with Gasteiger partial charge in [0.25, 0.3) is 5.91 Å². The number of hydrogen-bond donors (Lipinski definition) is 2. The number of aryl methyl sites for hydroxylation is 2. The molecular formula is C12H13N3O3. The van der Waals surface area contributed by atoms with Gasteiger partial charge in [-0.05, 0) is 19.9 Å². The number of H-pyrrole nitrogens is 1. The summed E-state index contributed by atoms with van der Waals surface area (Å²) in [6.07, 6.45) is 0. The Balaban J connectivity index is 2.07. The van der Waals surface area contributed by atoms with Gasteiger partial charge in [0.15, 0.2) is 0 Å². The maximum absolute atomic E-state index is 11.8. The minimum absolute atomic E-state index is 0.231. The molecule has 6 heteroatoms. The summed E-state index contributed by atoms with van der Waals surface area (Å²) in [6, 6.07) is 4.43. The molecule has 0 aliphatic heterocycles. The Bertz CT molecular complexity index is 608. The number of nitrogens with one attached hydrogen (secondary N) is 2. The highest BCUT2D eigenvalue weighted by atomic mass is 16.5. The molecule has 0 spiro atoms. The van der Waals surface area contributed by atoms with Gasteiger partial charge in [0.2, 0.25) is 5.56 Å². The average molecular weight is 247 g/mol.